The zero-order valence-corrected chi connectivity index (χ0v) is 17.5. The topological polar surface area (TPSA) is 48.5 Å². The highest BCUT2D eigenvalue weighted by Gasteiger charge is 2.27. The van der Waals surface area contributed by atoms with Crippen LogP contribution in [0, 0.1) is 5.92 Å². The lowest BCUT2D eigenvalue weighted by Gasteiger charge is -2.31. The van der Waals surface area contributed by atoms with E-state index in [0.29, 0.717) is 11.6 Å². The molecule has 1 atom stereocenters. The van der Waals surface area contributed by atoms with Crippen LogP contribution in [0.3, 0.4) is 0 Å². The molecule has 1 aromatic heterocycles. The summed E-state index contributed by atoms with van der Waals surface area (Å²) in [5, 5.41) is 3.36. The Hall–Kier alpha value is -1.04. The number of carbonyl (C=O) groups excluding carboxylic acids is 1. The van der Waals surface area contributed by atoms with Crippen LogP contribution in [0.2, 0.25) is 0 Å². The molecule has 7 heteroatoms. The lowest BCUT2D eigenvalue weighted by Crippen LogP contribution is -2.42. The smallest absolute Gasteiger partial charge is 0.255 e. The van der Waals surface area contributed by atoms with Gasteiger partial charge in [0.2, 0.25) is 0 Å². The number of pyridine rings is 1. The number of carbonyl (C=O) groups is 1. The van der Waals surface area contributed by atoms with Crippen LogP contribution >= 0.6 is 24.8 Å². The molecule has 3 heterocycles. The molecule has 2 aliphatic heterocycles. The highest BCUT2D eigenvalue weighted by atomic mass is 35.5. The van der Waals surface area contributed by atoms with Crippen LogP contribution in [0.25, 0.3) is 0 Å². The average Bonchev–Trinajstić information content (AvgIpc) is 3.14. The molecule has 0 aromatic carbocycles. The summed E-state index contributed by atoms with van der Waals surface area (Å²) in [6.45, 7) is 9.30. The van der Waals surface area contributed by atoms with Gasteiger partial charge in [-0.2, -0.15) is 0 Å². The van der Waals surface area contributed by atoms with E-state index >= 15 is 0 Å². The fraction of sp³-hybridized carbons (Fsp3) is 0.684. The van der Waals surface area contributed by atoms with E-state index in [2.05, 4.69) is 29.0 Å². The predicted molar refractivity (Wildman–Crippen MR) is 112 cm³/mol. The largest absolute Gasteiger partial charge is 0.357 e. The number of aromatic nitrogens is 1. The van der Waals surface area contributed by atoms with Crippen molar-refractivity contribution in [2.24, 2.45) is 5.92 Å². The van der Waals surface area contributed by atoms with Gasteiger partial charge in [0, 0.05) is 38.4 Å². The molecular weight excluding hydrogens is 371 g/mol. The molecule has 1 amide bonds. The van der Waals surface area contributed by atoms with Crippen molar-refractivity contribution in [2.75, 3.05) is 37.6 Å². The van der Waals surface area contributed by atoms with Gasteiger partial charge in [0.15, 0.2) is 0 Å². The van der Waals surface area contributed by atoms with Crippen molar-refractivity contribution >= 4 is 36.5 Å². The number of amides is 1. The van der Waals surface area contributed by atoms with E-state index in [0.717, 1.165) is 57.3 Å². The fourth-order valence-electron chi connectivity index (χ4n) is 3.70. The van der Waals surface area contributed by atoms with E-state index in [-0.39, 0.29) is 30.7 Å². The molecule has 2 aliphatic rings. The molecule has 148 valence electrons. The second-order valence-electron chi connectivity index (χ2n) is 7.22. The maximum Gasteiger partial charge on any atom is 0.255 e. The van der Waals surface area contributed by atoms with Gasteiger partial charge in [-0.05, 0) is 50.3 Å². The minimum atomic E-state index is 0. The molecule has 3 rings (SSSR count). The summed E-state index contributed by atoms with van der Waals surface area (Å²) < 4.78 is 0. The zero-order chi connectivity index (χ0) is 16.9. The third-order valence-corrected chi connectivity index (χ3v) is 5.30. The summed E-state index contributed by atoms with van der Waals surface area (Å²) in [5.41, 5.74) is 0.712. The first-order valence-corrected chi connectivity index (χ1v) is 9.41. The van der Waals surface area contributed by atoms with Gasteiger partial charge in [-0.25, -0.2) is 4.98 Å². The minimum absolute atomic E-state index is 0. The number of nitrogens with one attached hydrogen (secondary N) is 1. The molecule has 0 radical (unpaired) electrons. The van der Waals surface area contributed by atoms with Gasteiger partial charge in [0.25, 0.3) is 5.91 Å². The Kier molecular flexibility index (Phi) is 9.69. The highest BCUT2D eigenvalue weighted by Crippen LogP contribution is 2.22. The Morgan fingerprint density at radius 3 is 2.54 bits per heavy atom. The summed E-state index contributed by atoms with van der Waals surface area (Å²) in [5.74, 6) is 1.93. The molecule has 26 heavy (non-hydrogen) atoms. The summed E-state index contributed by atoms with van der Waals surface area (Å²) in [4.78, 5) is 21.8. The van der Waals surface area contributed by atoms with E-state index in [1.165, 1.54) is 12.8 Å². The molecule has 0 bridgehead atoms. The SMILES string of the molecule is CCCN(C(=O)c1ccc(N2CCC(C)CC2)nc1)C1CCNC1.Cl.Cl. The van der Waals surface area contributed by atoms with Gasteiger partial charge >= 0.3 is 0 Å². The van der Waals surface area contributed by atoms with Crippen molar-refractivity contribution in [1.82, 2.24) is 15.2 Å². The minimum Gasteiger partial charge on any atom is -0.357 e. The van der Waals surface area contributed by atoms with Crippen LogP contribution in [-0.2, 0) is 0 Å². The first-order valence-electron chi connectivity index (χ1n) is 9.41. The van der Waals surface area contributed by atoms with Crippen LogP contribution in [0.15, 0.2) is 18.3 Å². The van der Waals surface area contributed by atoms with Crippen molar-refractivity contribution in [1.29, 1.82) is 0 Å². The number of piperidine rings is 1. The fourth-order valence-corrected chi connectivity index (χ4v) is 3.70. The number of hydrogen-bond acceptors (Lipinski definition) is 4. The van der Waals surface area contributed by atoms with Crippen molar-refractivity contribution in [2.45, 2.75) is 45.6 Å². The number of hydrogen-bond donors (Lipinski definition) is 1. The molecule has 1 N–H and O–H groups in total. The highest BCUT2D eigenvalue weighted by molar-refractivity contribution is 5.94. The summed E-state index contributed by atoms with van der Waals surface area (Å²) in [6, 6.07) is 4.29. The Morgan fingerprint density at radius 2 is 2.00 bits per heavy atom. The van der Waals surface area contributed by atoms with Gasteiger partial charge in [-0.1, -0.05) is 13.8 Å². The van der Waals surface area contributed by atoms with Crippen molar-refractivity contribution in [3.05, 3.63) is 23.9 Å². The van der Waals surface area contributed by atoms with E-state index in [4.69, 9.17) is 0 Å². The normalized spacial score (nSPS) is 20.2. The molecule has 0 spiro atoms. The number of anilines is 1. The zero-order valence-electron chi connectivity index (χ0n) is 15.8. The Morgan fingerprint density at radius 1 is 1.27 bits per heavy atom. The maximum atomic E-state index is 12.9. The van der Waals surface area contributed by atoms with E-state index < -0.39 is 0 Å². The quantitative estimate of drug-likeness (QED) is 0.819. The second kappa shape index (κ2) is 11.0. The van der Waals surface area contributed by atoms with Gasteiger partial charge in [-0.3, -0.25) is 4.79 Å². The van der Waals surface area contributed by atoms with Crippen molar-refractivity contribution < 1.29 is 4.79 Å². The molecule has 2 fully saturated rings. The molecule has 5 nitrogen and oxygen atoms in total. The molecule has 0 aliphatic carbocycles. The van der Waals surface area contributed by atoms with Gasteiger partial charge in [0.05, 0.1) is 5.56 Å². The first kappa shape index (κ1) is 23.0. The molecule has 1 aromatic rings. The van der Waals surface area contributed by atoms with Gasteiger partial charge < -0.3 is 15.1 Å². The first-order chi connectivity index (χ1) is 11.7. The number of halogens is 2. The van der Waals surface area contributed by atoms with E-state index in [9.17, 15) is 4.79 Å². The summed E-state index contributed by atoms with van der Waals surface area (Å²) in [7, 11) is 0. The molecule has 2 saturated heterocycles. The average molecular weight is 403 g/mol. The van der Waals surface area contributed by atoms with E-state index in [1.807, 2.05) is 17.0 Å². The second-order valence-corrected chi connectivity index (χ2v) is 7.22. The van der Waals surface area contributed by atoms with Gasteiger partial charge in [-0.15, -0.1) is 24.8 Å². The van der Waals surface area contributed by atoms with Crippen LogP contribution in [0.4, 0.5) is 5.82 Å². The lowest BCUT2D eigenvalue weighted by atomic mass is 9.99. The third-order valence-electron chi connectivity index (χ3n) is 5.30. The lowest BCUT2D eigenvalue weighted by molar-refractivity contribution is 0.0692. The third kappa shape index (κ3) is 5.48. The van der Waals surface area contributed by atoms with Crippen LogP contribution in [-0.4, -0.2) is 54.6 Å². The number of rotatable bonds is 5. The van der Waals surface area contributed by atoms with Crippen LogP contribution < -0.4 is 10.2 Å². The monoisotopic (exact) mass is 402 g/mol. The van der Waals surface area contributed by atoms with E-state index in [1.54, 1.807) is 6.20 Å². The summed E-state index contributed by atoms with van der Waals surface area (Å²) >= 11 is 0. The standard InChI is InChI=1S/C19H30N4O.2ClH/c1-3-10-23(17-6-9-20-14-17)19(24)16-4-5-18(21-13-16)22-11-7-15(2)8-12-22;;/h4-5,13,15,17,20H,3,6-12,14H2,1-2H3;2*1H. The molecule has 0 saturated carbocycles. The van der Waals surface area contributed by atoms with Crippen molar-refractivity contribution in [3.8, 4) is 0 Å². The predicted octanol–water partition coefficient (Wildman–Crippen LogP) is 3.38. The molecular formula is C19H32Cl2N4O. The maximum absolute atomic E-state index is 12.9. The molecule has 1 unspecified atom stereocenters. The Bertz CT molecular complexity index is 541. The van der Waals surface area contributed by atoms with Gasteiger partial charge in [0.1, 0.15) is 5.82 Å². The Labute approximate surface area is 169 Å². The van der Waals surface area contributed by atoms with Crippen molar-refractivity contribution in [3.63, 3.8) is 0 Å². The van der Waals surface area contributed by atoms with Crippen LogP contribution in [0.5, 0.6) is 0 Å². The van der Waals surface area contributed by atoms with Crippen LogP contribution in [0.1, 0.15) is 49.9 Å². The summed E-state index contributed by atoms with van der Waals surface area (Å²) in [6.07, 6.45) is 6.24. The Balaban J connectivity index is 0.00000169. The number of nitrogens with zero attached hydrogens (tertiary/aromatic N) is 3.